The highest BCUT2D eigenvalue weighted by atomic mass is 16.3. The first-order chi connectivity index (χ1) is 18.3. The number of aliphatic hydroxyl groups is 1. The summed E-state index contributed by atoms with van der Waals surface area (Å²) >= 11 is 0. The number of anilines is 1. The number of amides is 1. The second-order valence-corrected chi connectivity index (χ2v) is 11.9. The molecule has 0 bridgehead atoms. The van der Waals surface area contributed by atoms with E-state index < -0.39 is 64.4 Å². The molecule has 3 fully saturated rings. The van der Waals surface area contributed by atoms with Crippen LogP contribution in [0, 0.1) is 23.7 Å². The summed E-state index contributed by atoms with van der Waals surface area (Å²) < 4.78 is 0. The average Bonchev–Trinajstić information content (AvgIpc) is 3.35. The first-order valence-corrected chi connectivity index (χ1v) is 13.4. The van der Waals surface area contributed by atoms with Gasteiger partial charge in [0.05, 0.1) is 17.5 Å². The number of likely N-dealkylation sites (tertiary alicyclic amines) is 1. The van der Waals surface area contributed by atoms with Crippen molar-refractivity contribution >= 4 is 34.7 Å². The Kier molecular flexibility index (Phi) is 6.68. The molecule has 1 heterocycles. The summed E-state index contributed by atoms with van der Waals surface area (Å²) in [5.74, 6) is -10.2. The zero-order valence-electron chi connectivity index (χ0n) is 22.8. The lowest BCUT2D eigenvalue weighted by atomic mass is 9.52. The number of primary amides is 1. The highest BCUT2D eigenvalue weighted by Crippen LogP contribution is 2.52. The molecule has 39 heavy (non-hydrogen) atoms. The lowest BCUT2D eigenvalue weighted by Gasteiger charge is -2.52. The Labute approximate surface area is 226 Å². The van der Waals surface area contributed by atoms with E-state index >= 15 is 0 Å². The van der Waals surface area contributed by atoms with Crippen molar-refractivity contribution in [2.45, 2.75) is 43.9 Å². The van der Waals surface area contributed by atoms with Gasteiger partial charge in [-0.05, 0) is 70.4 Å². The van der Waals surface area contributed by atoms with Crippen LogP contribution < -0.4 is 10.6 Å². The molecule has 11 heteroatoms. The number of aromatic hydroxyl groups is 1. The summed E-state index contributed by atoms with van der Waals surface area (Å²) in [6.07, 6.45) is 2.39. The van der Waals surface area contributed by atoms with Crippen LogP contribution in [0.2, 0.25) is 0 Å². The molecule has 1 amide bonds. The Balaban J connectivity index is 1.63. The molecule has 0 aromatic heterocycles. The van der Waals surface area contributed by atoms with E-state index in [2.05, 4.69) is 4.90 Å². The number of Topliss-reactive ketones (excluding diaryl/α,β-unsaturated/α-hetero) is 4. The second-order valence-electron chi connectivity index (χ2n) is 11.9. The fourth-order valence-electron chi connectivity index (χ4n) is 7.41. The largest absolute Gasteiger partial charge is 0.507 e. The van der Waals surface area contributed by atoms with Crippen molar-refractivity contribution in [1.29, 1.82) is 0 Å². The van der Waals surface area contributed by atoms with E-state index in [9.17, 15) is 34.2 Å². The molecule has 6 atom stereocenters. The molecule has 2 saturated carbocycles. The number of hydrogen-bond donors (Lipinski definition) is 3. The van der Waals surface area contributed by atoms with E-state index in [0.717, 1.165) is 31.6 Å². The third kappa shape index (κ3) is 3.93. The van der Waals surface area contributed by atoms with Gasteiger partial charge in [0.25, 0.3) is 0 Å². The molecule has 1 aromatic rings. The molecular formula is C28H36N4O7. The molecule has 5 rings (SSSR count). The normalized spacial score (nSPS) is 32.7. The molecule has 3 aliphatic carbocycles. The van der Waals surface area contributed by atoms with Crippen LogP contribution in [-0.4, -0.2) is 102 Å². The number of nitrogens with two attached hydrogens (primary N) is 1. The molecule has 0 radical (unpaired) electrons. The zero-order valence-corrected chi connectivity index (χ0v) is 22.8. The van der Waals surface area contributed by atoms with E-state index in [-0.39, 0.29) is 24.2 Å². The molecule has 210 valence electrons. The minimum Gasteiger partial charge on any atom is -0.507 e. The lowest BCUT2D eigenvalue weighted by molar-refractivity contribution is -0.181. The minimum absolute atomic E-state index is 0.0348. The van der Waals surface area contributed by atoms with Crippen LogP contribution in [-0.2, 0) is 32.1 Å². The predicted octanol–water partition coefficient (Wildman–Crippen LogP) is -0.471. The van der Waals surface area contributed by atoms with Crippen LogP contribution in [0.4, 0.5) is 5.69 Å². The van der Waals surface area contributed by atoms with Gasteiger partial charge in [-0.3, -0.25) is 33.8 Å². The summed E-state index contributed by atoms with van der Waals surface area (Å²) in [7, 11) is 6.83. The van der Waals surface area contributed by atoms with Crippen molar-refractivity contribution in [2.75, 3.05) is 46.2 Å². The number of rotatable bonds is 5. The number of fused-ring (bicyclic) bond motifs is 3. The predicted molar refractivity (Wildman–Crippen MR) is 140 cm³/mol. The molecule has 4 aliphatic rings. The molecule has 0 spiro atoms. The van der Waals surface area contributed by atoms with Gasteiger partial charge in [-0.2, -0.15) is 0 Å². The van der Waals surface area contributed by atoms with Gasteiger partial charge in [-0.15, -0.1) is 0 Å². The molecule has 1 aromatic carbocycles. The number of phenols is 1. The summed E-state index contributed by atoms with van der Waals surface area (Å²) in [4.78, 5) is 72.4. The number of nitrogens with zero attached hydrogens (tertiary/aromatic N) is 3. The zero-order chi connectivity index (χ0) is 28.5. The standard InChI is InChI=1S/C28H36N4O7/c1-30(2)17-11-14(12-32-7-5-6-8-32)22(33)19-15(17)9-13-10-16-21(31(3)4)24(35)20(27(29)38)26(37)28(16,39)25(36)18(13)23(19)34/h11,13,16,18,20-21,33,39H,5-10,12H2,1-4H3,(H2,29,38)/t13-,16-,18?,20?,21-,28-/m1/s1. The first kappa shape index (κ1) is 27.4. The maximum atomic E-state index is 14.1. The van der Waals surface area contributed by atoms with E-state index in [4.69, 9.17) is 5.73 Å². The van der Waals surface area contributed by atoms with E-state index in [1.165, 1.54) is 4.90 Å². The van der Waals surface area contributed by atoms with Gasteiger partial charge in [0.2, 0.25) is 5.91 Å². The molecule has 1 aliphatic heterocycles. The van der Waals surface area contributed by atoms with Crippen LogP contribution in [0.1, 0.15) is 40.7 Å². The van der Waals surface area contributed by atoms with Crippen molar-refractivity contribution < 1.29 is 34.2 Å². The summed E-state index contributed by atoms with van der Waals surface area (Å²) in [6.45, 7) is 2.22. The number of carbonyl (C=O) groups is 5. The summed E-state index contributed by atoms with van der Waals surface area (Å²) in [5, 5.41) is 23.1. The first-order valence-electron chi connectivity index (χ1n) is 13.4. The van der Waals surface area contributed by atoms with Gasteiger partial charge in [0.1, 0.15) is 5.75 Å². The molecule has 1 saturated heterocycles. The maximum absolute atomic E-state index is 14.1. The topological polar surface area (TPSA) is 162 Å². The van der Waals surface area contributed by atoms with Gasteiger partial charge in [-0.25, -0.2) is 0 Å². The Morgan fingerprint density at radius 3 is 2.31 bits per heavy atom. The van der Waals surface area contributed by atoms with Crippen molar-refractivity contribution in [3.05, 3.63) is 22.8 Å². The third-order valence-electron chi connectivity index (χ3n) is 9.19. The third-order valence-corrected chi connectivity index (χ3v) is 9.19. The van der Waals surface area contributed by atoms with Crippen molar-refractivity contribution in [2.24, 2.45) is 29.4 Å². The van der Waals surface area contributed by atoms with Gasteiger partial charge in [0, 0.05) is 37.8 Å². The Bertz CT molecular complexity index is 1280. The number of likely N-dealkylation sites (N-methyl/N-ethyl adjacent to an activating group) is 1. The van der Waals surface area contributed by atoms with Crippen LogP contribution in [0.3, 0.4) is 0 Å². The molecule has 11 nitrogen and oxygen atoms in total. The minimum atomic E-state index is -2.72. The summed E-state index contributed by atoms with van der Waals surface area (Å²) in [5.41, 5.74) is 4.64. The van der Waals surface area contributed by atoms with Crippen molar-refractivity contribution in [3.8, 4) is 5.75 Å². The number of phenolic OH excluding ortho intramolecular Hbond substituents is 1. The second kappa shape index (κ2) is 9.50. The Morgan fingerprint density at radius 2 is 1.74 bits per heavy atom. The number of benzene rings is 1. The Morgan fingerprint density at radius 1 is 1.10 bits per heavy atom. The number of ketones is 4. The van der Waals surface area contributed by atoms with E-state index in [1.54, 1.807) is 14.1 Å². The van der Waals surface area contributed by atoms with Crippen molar-refractivity contribution in [3.63, 3.8) is 0 Å². The number of carbonyl (C=O) groups excluding carboxylic acids is 5. The summed E-state index contributed by atoms with van der Waals surface area (Å²) in [6, 6.07) is 0.769. The average molecular weight is 541 g/mol. The Hall–Kier alpha value is -3.15. The lowest BCUT2D eigenvalue weighted by Crippen LogP contribution is -2.74. The molecular weight excluding hydrogens is 504 g/mol. The van der Waals surface area contributed by atoms with Gasteiger partial charge in [0.15, 0.2) is 34.7 Å². The smallest absolute Gasteiger partial charge is 0.235 e. The van der Waals surface area contributed by atoms with Crippen molar-refractivity contribution in [1.82, 2.24) is 9.80 Å². The highest BCUT2D eigenvalue weighted by molar-refractivity contribution is 6.32. The fourth-order valence-corrected chi connectivity index (χ4v) is 7.41. The molecule has 4 N–H and O–H groups in total. The quantitative estimate of drug-likeness (QED) is 0.416. The molecule has 2 unspecified atom stereocenters. The van der Waals surface area contributed by atoms with E-state index in [1.807, 2.05) is 25.1 Å². The van der Waals surface area contributed by atoms with Crippen LogP contribution >= 0.6 is 0 Å². The van der Waals surface area contributed by atoms with Gasteiger partial charge in [-0.1, -0.05) is 0 Å². The SMILES string of the molecule is CN(C)c1cc(CN2CCCC2)c(O)c2c1C[C@@H]1C[C@@H]3[C@@H](N(C)C)C(=O)C(C(N)=O)C(=O)[C@]3(O)C(=O)C1C2=O. The number of hydrogen-bond acceptors (Lipinski definition) is 10. The van der Waals surface area contributed by atoms with Crippen LogP contribution in [0.25, 0.3) is 0 Å². The highest BCUT2D eigenvalue weighted by Gasteiger charge is 2.69. The fraction of sp³-hybridized carbons (Fsp3) is 0.607. The van der Waals surface area contributed by atoms with Crippen LogP contribution in [0.5, 0.6) is 5.75 Å². The van der Waals surface area contributed by atoms with Gasteiger partial charge < -0.3 is 20.8 Å². The maximum Gasteiger partial charge on any atom is 0.235 e. The van der Waals surface area contributed by atoms with Crippen LogP contribution in [0.15, 0.2) is 6.07 Å². The van der Waals surface area contributed by atoms with E-state index in [0.29, 0.717) is 17.7 Å². The monoisotopic (exact) mass is 540 g/mol. The van der Waals surface area contributed by atoms with Gasteiger partial charge >= 0.3 is 0 Å².